The standard InChI is InChI=1S/C16H15BrFNO/c17-11-13(10-12-6-2-1-3-7-12)19-16(20)14-8-4-5-9-15(14)18/h1-9,13H,10-11H2,(H,19,20). The summed E-state index contributed by atoms with van der Waals surface area (Å²) >= 11 is 3.38. The largest absolute Gasteiger partial charge is 0.348 e. The number of carbonyl (C=O) groups excluding carboxylic acids is 1. The fraction of sp³-hybridized carbons (Fsp3) is 0.188. The number of carbonyl (C=O) groups is 1. The summed E-state index contributed by atoms with van der Waals surface area (Å²) in [5, 5.41) is 3.46. The SMILES string of the molecule is O=C(NC(CBr)Cc1ccccc1)c1ccccc1F. The Morgan fingerprint density at radius 2 is 1.75 bits per heavy atom. The first-order chi connectivity index (χ1) is 9.70. The van der Waals surface area contributed by atoms with E-state index in [2.05, 4.69) is 21.2 Å². The van der Waals surface area contributed by atoms with Gasteiger partial charge in [0.2, 0.25) is 0 Å². The zero-order valence-electron chi connectivity index (χ0n) is 10.9. The van der Waals surface area contributed by atoms with E-state index in [9.17, 15) is 9.18 Å². The number of halogens is 2. The monoisotopic (exact) mass is 335 g/mol. The maximum Gasteiger partial charge on any atom is 0.254 e. The summed E-state index contributed by atoms with van der Waals surface area (Å²) in [5.74, 6) is -0.887. The van der Waals surface area contributed by atoms with Crippen LogP contribution >= 0.6 is 15.9 Å². The van der Waals surface area contributed by atoms with Crippen LogP contribution < -0.4 is 5.32 Å². The van der Waals surface area contributed by atoms with E-state index >= 15 is 0 Å². The van der Waals surface area contributed by atoms with Gasteiger partial charge in [-0.1, -0.05) is 58.4 Å². The summed E-state index contributed by atoms with van der Waals surface area (Å²) in [4.78, 5) is 12.1. The van der Waals surface area contributed by atoms with Gasteiger partial charge in [0.05, 0.1) is 5.56 Å². The molecular formula is C16H15BrFNO. The molecule has 1 amide bonds. The van der Waals surface area contributed by atoms with Crippen LogP contribution in [-0.2, 0) is 6.42 Å². The Morgan fingerprint density at radius 3 is 2.40 bits per heavy atom. The van der Waals surface area contributed by atoms with Crippen LogP contribution in [0, 0.1) is 5.82 Å². The highest BCUT2D eigenvalue weighted by molar-refractivity contribution is 9.09. The number of benzene rings is 2. The number of alkyl halides is 1. The summed E-state index contributed by atoms with van der Waals surface area (Å²) in [6.07, 6.45) is 0.701. The molecule has 2 aromatic carbocycles. The molecule has 0 aliphatic heterocycles. The van der Waals surface area contributed by atoms with Gasteiger partial charge in [-0.05, 0) is 24.1 Å². The molecule has 0 heterocycles. The van der Waals surface area contributed by atoms with E-state index in [-0.39, 0.29) is 17.5 Å². The lowest BCUT2D eigenvalue weighted by Gasteiger charge is -2.16. The van der Waals surface area contributed by atoms with Gasteiger partial charge in [-0.3, -0.25) is 4.79 Å². The predicted molar refractivity (Wildman–Crippen MR) is 81.6 cm³/mol. The van der Waals surface area contributed by atoms with Gasteiger partial charge in [0.15, 0.2) is 0 Å². The van der Waals surface area contributed by atoms with Crippen LogP contribution in [0.3, 0.4) is 0 Å². The lowest BCUT2D eigenvalue weighted by molar-refractivity contribution is 0.0937. The van der Waals surface area contributed by atoms with Crippen molar-refractivity contribution in [2.75, 3.05) is 5.33 Å². The van der Waals surface area contributed by atoms with Gasteiger partial charge in [-0.25, -0.2) is 4.39 Å². The van der Waals surface area contributed by atoms with Crippen molar-refractivity contribution in [1.29, 1.82) is 0 Å². The zero-order chi connectivity index (χ0) is 14.4. The van der Waals surface area contributed by atoms with Crippen LogP contribution in [0.15, 0.2) is 54.6 Å². The Morgan fingerprint density at radius 1 is 1.10 bits per heavy atom. The fourth-order valence-corrected chi connectivity index (χ4v) is 2.34. The van der Waals surface area contributed by atoms with Gasteiger partial charge >= 0.3 is 0 Å². The molecular weight excluding hydrogens is 321 g/mol. The van der Waals surface area contributed by atoms with Gasteiger partial charge in [-0.15, -0.1) is 0 Å². The molecule has 20 heavy (non-hydrogen) atoms. The van der Waals surface area contributed by atoms with E-state index in [4.69, 9.17) is 0 Å². The molecule has 2 aromatic rings. The first kappa shape index (κ1) is 14.7. The summed E-state index contributed by atoms with van der Waals surface area (Å²) in [6.45, 7) is 0. The average Bonchev–Trinajstić information content (AvgIpc) is 2.48. The lowest BCUT2D eigenvalue weighted by atomic mass is 10.1. The second kappa shape index (κ2) is 7.20. The van der Waals surface area contributed by atoms with Gasteiger partial charge in [0.1, 0.15) is 5.82 Å². The molecule has 4 heteroatoms. The number of amides is 1. The van der Waals surface area contributed by atoms with Crippen molar-refractivity contribution in [1.82, 2.24) is 5.32 Å². The lowest BCUT2D eigenvalue weighted by Crippen LogP contribution is -2.38. The summed E-state index contributed by atoms with van der Waals surface area (Å²) in [6, 6.07) is 15.8. The van der Waals surface area contributed by atoms with Crippen molar-refractivity contribution in [3.8, 4) is 0 Å². The third kappa shape index (κ3) is 3.90. The highest BCUT2D eigenvalue weighted by atomic mass is 79.9. The number of nitrogens with one attached hydrogen (secondary N) is 1. The molecule has 0 bridgehead atoms. The third-order valence-electron chi connectivity index (χ3n) is 2.96. The normalized spacial score (nSPS) is 11.9. The molecule has 1 atom stereocenters. The molecule has 0 fully saturated rings. The third-order valence-corrected chi connectivity index (χ3v) is 3.75. The van der Waals surface area contributed by atoms with Crippen LogP contribution in [0.5, 0.6) is 0 Å². The summed E-state index contributed by atoms with van der Waals surface area (Å²) in [7, 11) is 0. The Kier molecular flexibility index (Phi) is 5.30. The van der Waals surface area contributed by atoms with E-state index in [0.29, 0.717) is 11.8 Å². The smallest absolute Gasteiger partial charge is 0.254 e. The summed E-state index contributed by atoms with van der Waals surface area (Å²) in [5.41, 5.74) is 1.21. The topological polar surface area (TPSA) is 29.1 Å². The Balaban J connectivity index is 2.03. The summed E-state index contributed by atoms with van der Waals surface area (Å²) < 4.78 is 13.5. The van der Waals surface area contributed by atoms with Gasteiger partial charge in [0, 0.05) is 11.4 Å². The van der Waals surface area contributed by atoms with Crippen molar-refractivity contribution in [3.63, 3.8) is 0 Å². The Bertz CT molecular complexity index is 574. The molecule has 0 radical (unpaired) electrons. The number of hydrogen-bond acceptors (Lipinski definition) is 1. The van der Waals surface area contributed by atoms with E-state index < -0.39 is 5.82 Å². The minimum Gasteiger partial charge on any atom is -0.348 e. The molecule has 2 rings (SSSR count). The van der Waals surface area contributed by atoms with Crippen molar-refractivity contribution >= 4 is 21.8 Å². The molecule has 0 aromatic heterocycles. The minimum absolute atomic E-state index is 0.0755. The molecule has 2 nitrogen and oxygen atoms in total. The molecule has 0 saturated heterocycles. The van der Waals surface area contributed by atoms with Crippen LogP contribution in [-0.4, -0.2) is 17.3 Å². The molecule has 0 aliphatic carbocycles. The fourth-order valence-electron chi connectivity index (χ4n) is 1.95. The van der Waals surface area contributed by atoms with Crippen LogP contribution in [0.2, 0.25) is 0 Å². The van der Waals surface area contributed by atoms with E-state index in [1.807, 2.05) is 30.3 Å². The maximum atomic E-state index is 13.5. The Hall–Kier alpha value is -1.68. The van der Waals surface area contributed by atoms with Crippen LogP contribution in [0.4, 0.5) is 4.39 Å². The predicted octanol–water partition coefficient (Wildman–Crippen LogP) is 3.56. The van der Waals surface area contributed by atoms with Crippen molar-refractivity contribution in [3.05, 3.63) is 71.5 Å². The van der Waals surface area contributed by atoms with E-state index in [1.165, 1.54) is 12.1 Å². The first-order valence-electron chi connectivity index (χ1n) is 6.36. The molecule has 1 N–H and O–H groups in total. The highest BCUT2D eigenvalue weighted by Crippen LogP contribution is 2.09. The molecule has 1 unspecified atom stereocenters. The van der Waals surface area contributed by atoms with E-state index in [1.54, 1.807) is 12.1 Å². The number of hydrogen-bond donors (Lipinski definition) is 1. The first-order valence-corrected chi connectivity index (χ1v) is 7.48. The second-order valence-electron chi connectivity index (χ2n) is 4.49. The minimum atomic E-state index is -0.502. The van der Waals surface area contributed by atoms with Gasteiger partial charge in [-0.2, -0.15) is 0 Å². The van der Waals surface area contributed by atoms with Crippen LogP contribution in [0.25, 0.3) is 0 Å². The van der Waals surface area contributed by atoms with Crippen molar-refractivity contribution in [2.24, 2.45) is 0 Å². The highest BCUT2D eigenvalue weighted by Gasteiger charge is 2.15. The quantitative estimate of drug-likeness (QED) is 0.831. The maximum absolute atomic E-state index is 13.5. The van der Waals surface area contributed by atoms with Crippen LogP contribution in [0.1, 0.15) is 15.9 Å². The van der Waals surface area contributed by atoms with Crippen molar-refractivity contribution < 1.29 is 9.18 Å². The average molecular weight is 336 g/mol. The molecule has 0 saturated carbocycles. The molecule has 0 aliphatic rings. The molecule has 104 valence electrons. The van der Waals surface area contributed by atoms with Crippen molar-refractivity contribution in [2.45, 2.75) is 12.5 Å². The second-order valence-corrected chi connectivity index (χ2v) is 5.14. The van der Waals surface area contributed by atoms with Gasteiger partial charge in [0.25, 0.3) is 5.91 Å². The van der Waals surface area contributed by atoms with Gasteiger partial charge < -0.3 is 5.32 Å². The number of rotatable bonds is 5. The van der Waals surface area contributed by atoms with E-state index in [0.717, 1.165) is 5.56 Å². The Labute approximate surface area is 126 Å². The zero-order valence-corrected chi connectivity index (χ0v) is 12.4. The molecule has 0 spiro atoms.